The Kier molecular flexibility index (Phi) is 4.10. The van der Waals surface area contributed by atoms with Gasteiger partial charge in [0.25, 0.3) is 0 Å². The molecule has 1 aromatic heterocycles. The number of aryl methyl sites for hydroxylation is 3. The van der Waals surface area contributed by atoms with Crippen LogP contribution in [0.4, 0.5) is 5.13 Å². The van der Waals surface area contributed by atoms with Crippen LogP contribution in [0.5, 0.6) is 0 Å². The topological polar surface area (TPSA) is 38.9 Å². The Balaban J connectivity index is 0.00000128. The number of nitrogens with two attached hydrogens (primary N) is 1. The lowest BCUT2D eigenvalue weighted by molar-refractivity contribution is -0.00000330. The summed E-state index contributed by atoms with van der Waals surface area (Å²) in [5.41, 5.74) is 11.7. The largest absolute Gasteiger partial charge is 1.00 e. The normalized spacial score (nSPS) is 9.94. The number of aromatic nitrogens is 1. The molecule has 2 rings (SSSR count). The lowest BCUT2D eigenvalue weighted by Gasteiger charge is -2.08. The molecular formula is C12H14BrN2S-. The molecule has 0 saturated carbocycles. The average molecular weight is 298 g/mol. The highest BCUT2D eigenvalue weighted by Gasteiger charge is 2.09. The van der Waals surface area contributed by atoms with Gasteiger partial charge in [-0.05, 0) is 31.9 Å². The summed E-state index contributed by atoms with van der Waals surface area (Å²) in [6.45, 7) is 6.34. The van der Waals surface area contributed by atoms with E-state index in [0.717, 1.165) is 5.69 Å². The molecule has 0 amide bonds. The summed E-state index contributed by atoms with van der Waals surface area (Å²) in [4.78, 5) is 4.33. The Morgan fingerprint density at radius 3 is 2.12 bits per heavy atom. The Labute approximate surface area is 110 Å². The quantitative estimate of drug-likeness (QED) is 0.823. The van der Waals surface area contributed by atoms with Crippen LogP contribution >= 0.6 is 11.3 Å². The molecule has 0 fully saturated rings. The van der Waals surface area contributed by atoms with Crippen LogP contribution < -0.4 is 22.7 Å². The molecule has 1 aromatic carbocycles. The van der Waals surface area contributed by atoms with Crippen molar-refractivity contribution in [3.63, 3.8) is 0 Å². The average Bonchev–Trinajstić information content (AvgIpc) is 2.49. The van der Waals surface area contributed by atoms with Gasteiger partial charge >= 0.3 is 0 Å². The maximum atomic E-state index is 5.65. The highest BCUT2D eigenvalue weighted by Crippen LogP contribution is 2.29. The Hall–Kier alpha value is -0.870. The fourth-order valence-corrected chi connectivity index (χ4v) is 2.54. The van der Waals surface area contributed by atoms with Crippen LogP contribution in [0.25, 0.3) is 11.3 Å². The summed E-state index contributed by atoms with van der Waals surface area (Å²) in [7, 11) is 0. The first-order valence-electron chi connectivity index (χ1n) is 4.87. The minimum Gasteiger partial charge on any atom is -1.00 e. The number of rotatable bonds is 1. The number of anilines is 1. The van der Waals surface area contributed by atoms with Crippen molar-refractivity contribution in [2.45, 2.75) is 20.8 Å². The number of hydrogen-bond acceptors (Lipinski definition) is 3. The minimum atomic E-state index is 0. The van der Waals surface area contributed by atoms with E-state index in [4.69, 9.17) is 5.73 Å². The summed E-state index contributed by atoms with van der Waals surface area (Å²) in [5, 5.41) is 2.64. The molecule has 0 saturated heterocycles. The van der Waals surface area contributed by atoms with E-state index in [1.807, 2.05) is 5.38 Å². The SMILES string of the molecule is Cc1cc(C)c(-c2csc(N)n2)c(C)c1.[Br-]. The van der Waals surface area contributed by atoms with Crippen LogP contribution in [-0.4, -0.2) is 4.98 Å². The predicted molar refractivity (Wildman–Crippen MR) is 66.2 cm³/mol. The summed E-state index contributed by atoms with van der Waals surface area (Å²) < 4.78 is 0. The third-order valence-electron chi connectivity index (χ3n) is 2.46. The van der Waals surface area contributed by atoms with Gasteiger partial charge < -0.3 is 22.7 Å². The second-order valence-electron chi connectivity index (χ2n) is 3.84. The van der Waals surface area contributed by atoms with Gasteiger partial charge in [0.05, 0.1) is 5.69 Å². The molecule has 1 heterocycles. The van der Waals surface area contributed by atoms with E-state index < -0.39 is 0 Å². The lowest BCUT2D eigenvalue weighted by atomic mass is 9.98. The fourth-order valence-electron chi connectivity index (χ4n) is 1.99. The number of nitrogen functional groups attached to an aromatic ring is 1. The Bertz CT molecular complexity index is 482. The number of thiazole rings is 1. The summed E-state index contributed by atoms with van der Waals surface area (Å²) in [6.07, 6.45) is 0. The predicted octanol–water partition coefficient (Wildman–Crippen LogP) is 0.322. The summed E-state index contributed by atoms with van der Waals surface area (Å²) in [5.74, 6) is 0. The van der Waals surface area contributed by atoms with Gasteiger partial charge in [-0.3, -0.25) is 0 Å². The molecule has 0 aliphatic heterocycles. The second kappa shape index (κ2) is 4.97. The highest BCUT2D eigenvalue weighted by atomic mass is 79.9. The molecule has 2 N–H and O–H groups in total. The molecule has 0 bridgehead atoms. The van der Waals surface area contributed by atoms with Crippen LogP contribution in [-0.2, 0) is 0 Å². The molecule has 0 spiro atoms. The van der Waals surface area contributed by atoms with Crippen molar-refractivity contribution in [3.05, 3.63) is 34.2 Å². The molecule has 86 valence electrons. The minimum absolute atomic E-state index is 0. The molecule has 4 heteroatoms. The zero-order chi connectivity index (χ0) is 11.0. The number of nitrogens with zero attached hydrogens (tertiary/aromatic N) is 1. The molecule has 0 radical (unpaired) electrons. The first kappa shape index (κ1) is 13.2. The summed E-state index contributed by atoms with van der Waals surface area (Å²) in [6, 6.07) is 4.36. The van der Waals surface area contributed by atoms with Gasteiger partial charge in [-0.2, -0.15) is 0 Å². The van der Waals surface area contributed by atoms with Crippen LogP contribution in [0.15, 0.2) is 17.5 Å². The van der Waals surface area contributed by atoms with Gasteiger partial charge in [0, 0.05) is 10.9 Å². The lowest BCUT2D eigenvalue weighted by Crippen LogP contribution is -3.00. The Morgan fingerprint density at radius 1 is 1.12 bits per heavy atom. The fraction of sp³-hybridized carbons (Fsp3) is 0.250. The van der Waals surface area contributed by atoms with Gasteiger partial charge in [0.1, 0.15) is 0 Å². The smallest absolute Gasteiger partial charge is 0.180 e. The molecule has 0 aliphatic carbocycles. The van der Waals surface area contributed by atoms with E-state index in [2.05, 4.69) is 37.9 Å². The number of benzene rings is 1. The van der Waals surface area contributed by atoms with Crippen molar-refractivity contribution in [2.75, 3.05) is 5.73 Å². The maximum absolute atomic E-state index is 5.65. The molecule has 0 atom stereocenters. The molecule has 2 aromatic rings. The van der Waals surface area contributed by atoms with E-state index >= 15 is 0 Å². The number of halogens is 1. The van der Waals surface area contributed by atoms with Gasteiger partial charge in [-0.15, -0.1) is 11.3 Å². The van der Waals surface area contributed by atoms with E-state index in [0.29, 0.717) is 5.13 Å². The monoisotopic (exact) mass is 297 g/mol. The van der Waals surface area contributed by atoms with E-state index in [1.54, 1.807) is 0 Å². The van der Waals surface area contributed by atoms with Crippen molar-refractivity contribution >= 4 is 16.5 Å². The first-order valence-corrected chi connectivity index (χ1v) is 5.75. The number of hydrogen-bond donors (Lipinski definition) is 1. The van der Waals surface area contributed by atoms with E-state index in [9.17, 15) is 0 Å². The first-order chi connectivity index (χ1) is 7.08. The third kappa shape index (κ3) is 2.44. The molecule has 16 heavy (non-hydrogen) atoms. The van der Waals surface area contributed by atoms with Crippen molar-refractivity contribution in [1.82, 2.24) is 4.98 Å². The molecular weight excluding hydrogens is 284 g/mol. The molecule has 0 unspecified atom stereocenters. The van der Waals surface area contributed by atoms with Crippen LogP contribution in [0, 0.1) is 20.8 Å². The maximum Gasteiger partial charge on any atom is 0.180 e. The zero-order valence-electron chi connectivity index (χ0n) is 9.54. The van der Waals surface area contributed by atoms with Gasteiger partial charge in [0.15, 0.2) is 5.13 Å². The van der Waals surface area contributed by atoms with Gasteiger partial charge in [-0.1, -0.05) is 17.7 Å². The molecule has 0 aliphatic rings. The Morgan fingerprint density at radius 2 is 1.69 bits per heavy atom. The standard InChI is InChI=1S/C12H14N2S.BrH/c1-7-4-8(2)11(9(3)5-7)10-6-15-12(13)14-10;/h4-6H,1-3H3,(H2,13,14);1H/p-1. The van der Waals surface area contributed by atoms with E-state index in [-0.39, 0.29) is 17.0 Å². The van der Waals surface area contributed by atoms with Crippen molar-refractivity contribution in [3.8, 4) is 11.3 Å². The van der Waals surface area contributed by atoms with Crippen molar-refractivity contribution in [1.29, 1.82) is 0 Å². The summed E-state index contributed by atoms with van der Waals surface area (Å²) >= 11 is 1.49. The highest BCUT2D eigenvalue weighted by molar-refractivity contribution is 7.13. The van der Waals surface area contributed by atoms with E-state index in [1.165, 1.54) is 33.6 Å². The van der Waals surface area contributed by atoms with Crippen LogP contribution in [0.2, 0.25) is 0 Å². The van der Waals surface area contributed by atoms with Crippen LogP contribution in [0.1, 0.15) is 16.7 Å². The molecule has 2 nitrogen and oxygen atoms in total. The zero-order valence-corrected chi connectivity index (χ0v) is 11.9. The van der Waals surface area contributed by atoms with Crippen molar-refractivity contribution < 1.29 is 17.0 Å². The van der Waals surface area contributed by atoms with Gasteiger partial charge in [0.2, 0.25) is 0 Å². The van der Waals surface area contributed by atoms with Crippen LogP contribution in [0.3, 0.4) is 0 Å². The second-order valence-corrected chi connectivity index (χ2v) is 4.73. The third-order valence-corrected chi connectivity index (χ3v) is 3.13. The van der Waals surface area contributed by atoms with Gasteiger partial charge in [-0.25, -0.2) is 4.98 Å². The van der Waals surface area contributed by atoms with Crippen molar-refractivity contribution in [2.24, 2.45) is 0 Å².